The highest BCUT2D eigenvalue weighted by molar-refractivity contribution is 5.80. The third kappa shape index (κ3) is 1.30. The summed E-state index contributed by atoms with van der Waals surface area (Å²) in [4.78, 5) is 11.5. The minimum Gasteiger partial charge on any atom is -0.469 e. The summed E-state index contributed by atoms with van der Waals surface area (Å²) in [6, 6.07) is 7.71. The maximum absolute atomic E-state index is 11.5. The van der Waals surface area contributed by atoms with Gasteiger partial charge in [-0.2, -0.15) is 0 Å². The summed E-state index contributed by atoms with van der Waals surface area (Å²) < 4.78 is 4.74. The van der Waals surface area contributed by atoms with Crippen molar-refractivity contribution in [1.29, 1.82) is 0 Å². The highest BCUT2D eigenvalue weighted by atomic mass is 16.5. The number of hydrogen-bond acceptors (Lipinski definition) is 3. The van der Waals surface area contributed by atoms with Crippen LogP contribution in [0.2, 0.25) is 0 Å². The summed E-state index contributed by atoms with van der Waals surface area (Å²) in [7, 11) is 1.40. The first-order chi connectivity index (χ1) is 6.74. The van der Waals surface area contributed by atoms with Crippen LogP contribution in [0.25, 0.3) is 0 Å². The molecule has 0 saturated carbocycles. The zero-order valence-corrected chi connectivity index (χ0v) is 8.07. The quantitative estimate of drug-likeness (QED) is 0.669. The predicted molar refractivity (Wildman–Crippen MR) is 52.9 cm³/mol. The monoisotopic (exact) mass is 191 g/mol. The fraction of sp³-hybridized carbons (Fsp3) is 0.364. The number of methoxy groups -OCH3 is 1. The average molecular weight is 191 g/mol. The number of fused-ring (bicyclic) bond motifs is 1. The molecule has 0 bridgehead atoms. The van der Waals surface area contributed by atoms with E-state index in [0.717, 1.165) is 17.5 Å². The Labute approximate surface area is 82.9 Å². The van der Waals surface area contributed by atoms with Crippen molar-refractivity contribution >= 4 is 5.97 Å². The fourth-order valence-corrected chi connectivity index (χ4v) is 2.05. The van der Waals surface area contributed by atoms with Crippen LogP contribution >= 0.6 is 0 Å². The molecule has 1 aromatic rings. The maximum Gasteiger partial charge on any atom is 0.314 e. The van der Waals surface area contributed by atoms with Crippen molar-refractivity contribution in [3.05, 3.63) is 35.4 Å². The van der Waals surface area contributed by atoms with Gasteiger partial charge in [0.2, 0.25) is 0 Å². The fourth-order valence-electron chi connectivity index (χ4n) is 2.05. The molecule has 0 aromatic heterocycles. The molecule has 3 nitrogen and oxygen atoms in total. The van der Waals surface area contributed by atoms with E-state index in [4.69, 9.17) is 10.5 Å². The summed E-state index contributed by atoms with van der Waals surface area (Å²) in [5.41, 5.74) is 8.09. The zero-order chi connectivity index (χ0) is 10.1. The van der Waals surface area contributed by atoms with Gasteiger partial charge in [-0.25, -0.2) is 0 Å². The number of rotatable bonds is 1. The number of ether oxygens (including phenoxy) is 1. The van der Waals surface area contributed by atoms with Crippen LogP contribution < -0.4 is 5.73 Å². The van der Waals surface area contributed by atoms with Gasteiger partial charge in [-0.3, -0.25) is 4.79 Å². The van der Waals surface area contributed by atoms with Gasteiger partial charge in [-0.15, -0.1) is 0 Å². The van der Waals surface area contributed by atoms with Crippen LogP contribution in [0.5, 0.6) is 0 Å². The molecule has 0 heterocycles. The molecule has 0 unspecified atom stereocenters. The predicted octanol–water partition coefficient (Wildman–Crippen LogP) is 0.827. The molecule has 0 fully saturated rings. The Balaban J connectivity index is 2.39. The molecule has 1 aliphatic rings. The Kier molecular flexibility index (Phi) is 2.25. The summed E-state index contributed by atoms with van der Waals surface area (Å²) in [5.74, 6) is -0.515. The van der Waals surface area contributed by atoms with Gasteiger partial charge in [-0.1, -0.05) is 24.3 Å². The van der Waals surface area contributed by atoms with Crippen molar-refractivity contribution in [3.63, 3.8) is 0 Å². The summed E-state index contributed by atoms with van der Waals surface area (Å²) >= 11 is 0. The first kappa shape index (κ1) is 9.21. The third-order valence-corrected chi connectivity index (χ3v) is 2.73. The highest BCUT2D eigenvalue weighted by Gasteiger charge is 2.35. The van der Waals surface area contributed by atoms with Crippen LogP contribution in [-0.4, -0.2) is 19.1 Å². The Morgan fingerprint density at radius 2 is 2.21 bits per heavy atom. The number of benzene rings is 1. The second-order valence-corrected chi connectivity index (χ2v) is 3.57. The number of hydrogen-bond donors (Lipinski definition) is 1. The van der Waals surface area contributed by atoms with Gasteiger partial charge in [0.15, 0.2) is 0 Å². The molecule has 14 heavy (non-hydrogen) atoms. The number of esters is 1. The van der Waals surface area contributed by atoms with E-state index in [-0.39, 0.29) is 17.9 Å². The van der Waals surface area contributed by atoms with E-state index in [1.54, 1.807) is 0 Å². The van der Waals surface area contributed by atoms with Gasteiger partial charge in [0.1, 0.15) is 0 Å². The van der Waals surface area contributed by atoms with Gasteiger partial charge in [0.25, 0.3) is 0 Å². The molecule has 1 aromatic carbocycles. The van der Waals surface area contributed by atoms with E-state index in [9.17, 15) is 4.79 Å². The standard InChI is InChI=1S/C11H13NO2/c1-14-11(13)10-8-5-3-2-4-7(8)6-9(10)12/h2-5,9-10H,6,12H2,1H3/t9-,10-/m1/s1. The number of carbonyl (C=O) groups is 1. The molecular weight excluding hydrogens is 178 g/mol. The molecular formula is C11H13NO2. The van der Waals surface area contributed by atoms with E-state index in [1.807, 2.05) is 24.3 Å². The lowest BCUT2D eigenvalue weighted by molar-refractivity contribution is -0.142. The van der Waals surface area contributed by atoms with Crippen molar-refractivity contribution in [2.24, 2.45) is 5.73 Å². The Morgan fingerprint density at radius 3 is 2.93 bits per heavy atom. The van der Waals surface area contributed by atoms with Gasteiger partial charge in [0, 0.05) is 6.04 Å². The molecule has 2 atom stereocenters. The maximum atomic E-state index is 11.5. The summed E-state index contributed by atoms with van der Waals surface area (Å²) in [6.45, 7) is 0. The molecule has 1 aliphatic carbocycles. The van der Waals surface area contributed by atoms with Gasteiger partial charge in [0.05, 0.1) is 13.0 Å². The lowest BCUT2D eigenvalue weighted by Gasteiger charge is -2.13. The average Bonchev–Trinajstić information content (AvgIpc) is 2.53. The summed E-state index contributed by atoms with van der Waals surface area (Å²) in [5, 5.41) is 0. The molecule has 2 rings (SSSR count). The zero-order valence-electron chi connectivity index (χ0n) is 8.07. The van der Waals surface area contributed by atoms with Crippen molar-refractivity contribution in [3.8, 4) is 0 Å². The van der Waals surface area contributed by atoms with E-state index in [0.29, 0.717) is 0 Å². The Hall–Kier alpha value is -1.35. The van der Waals surface area contributed by atoms with Gasteiger partial charge in [-0.05, 0) is 17.5 Å². The number of carbonyl (C=O) groups excluding carboxylic acids is 1. The van der Waals surface area contributed by atoms with Crippen LogP contribution in [0, 0.1) is 0 Å². The minimum absolute atomic E-state index is 0.139. The van der Waals surface area contributed by atoms with Crippen molar-refractivity contribution in [1.82, 2.24) is 0 Å². The van der Waals surface area contributed by atoms with Crippen molar-refractivity contribution in [2.75, 3.05) is 7.11 Å². The first-order valence-electron chi connectivity index (χ1n) is 4.65. The molecule has 0 amide bonds. The number of nitrogens with two attached hydrogens (primary N) is 1. The van der Waals surface area contributed by atoms with Crippen molar-refractivity contribution < 1.29 is 9.53 Å². The molecule has 74 valence electrons. The van der Waals surface area contributed by atoms with E-state index in [2.05, 4.69) is 0 Å². The van der Waals surface area contributed by atoms with Crippen molar-refractivity contribution in [2.45, 2.75) is 18.4 Å². The normalized spacial score (nSPS) is 24.4. The van der Waals surface area contributed by atoms with E-state index in [1.165, 1.54) is 7.11 Å². The minimum atomic E-state index is -0.281. The van der Waals surface area contributed by atoms with E-state index < -0.39 is 0 Å². The second kappa shape index (κ2) is 3.42. The van der Waals surface area contributed by atoms with Gasteiger partial charge >= 0.3 is 5.97 Å². The van der Waals surface area contributed by atoms with Crippen LogP contribution in [0.15, 0.2) is 24.3 Å². The molecule has 0 aliphatic heterocycles. The molecule has 0 radical (unpaired) electrons. The Morgan fingerprint density at radius 1 is 1.50 bits per heavy atom. The molecule has 0 saturated heterocycles. The Bertz CT molecular complexity index is 362. The lowest BCUT2D eigenvalue weighted by Crippen LogP contribution is -2.31. The summed E-state index contributed by atoms with van der Waals surface area (Å²) in [6.07, 6.45) is 0.760. The lowest BCUT2D eigenvalue weighted by atomic mass is 9.99. The van der Waals surface area contributed by atoms with Crippen LogP contribution in [0.1, 0.15) is 17.0 Å². The SMILES string of the molecule is COC(=O)[C@@H]1c2ccccc2C[C@H]1N. The van der Waals surface area contributed by atoms with Crippen LogP contribution in [0.4, 0.5) is 0 Å². The van der Waals surface area contributed by atoms with Gasteiger partial charge < -0.3 is 10.5 Å². The van der Waals surface area contributed by atoms with Crippen LogP contribution in [0.3, 0.4) is 0 Å². The largest absolute Gasteiger partial charge is 0.469 e. The molecule has 2 N–H and O–H groups in total. The topological polar surface area (TPSA) is 52.3 Å². The molecule has 0 spiro atoms. The second-order valence-electron chi connectivity index (χ2n) is 3.57. The first-order valence-corrected chi connectivity index (χ1v) is 4.65. The van der Waals surface area contributed by atoms with Crippen LogP contribution in [-0.2, 0) is 16.0 Å². The van der Waals surface area contributed by atoms with E-state index >= 15 is 0 Å². The smallest absolute Gasteiger partial charge is 0.314 e. The highest BCUT2D eigenvalue weighted by Crippen LogP contribution is 2.32. The third-order valence-electron chi connectivity index (χ3n) is 2.73. The molecule has 3 heteroatoms.